The molecular formula is C15H19ClFN3O4. The van der Waals surface area contributed by atoms with E-state index >= 15 is 0 Å². The number of carbonyl (C=O) groups is 2. The summed E-state index contributed by atoms with van der Waals surface area (Å²) in [5, 5.41) is 12.7. The number of amides is 2. The summed E-state index contributed by atoms with van der Waals surface area (Å²) in [7, 11) is 0. The third-order valence-electron chi connectivity index (χ3n) is 3.70. The molecule has 1 aromatic carbocycles. The maximum absolute atomic E-state index is 13.3. The maximum atomic E-state index is 13.3. The molecule has 0 unspecified atom stereocenters. The number of ether oxygens (including phenoxy) is 1. The van der Waals surface area contributed by atoms with Crippen LogP contribution in [0.25, 0.3) is 0 Å². The Balaban J connectivity index is 1.68. The number of nitrogens with one attached hydrogen (secondary N) is 2. The SMILES string of the molecule is O=C(O)NCC1CCN(NC(=O)COc2ccc(Cl)c(F)c2)CC1. The molecule has 2 rings (SSSR count). The molecule has 0 aromatic heterocycles. The molecule has 132 valence electrons. The summed E-state index contributed by atoms with van der Waals surface area (Å²) in [4.78, 5) is 22.3. The Hall–Kier alpha value is -2.06. The van der Waals surface area contributed by atoms with Gasteiger partial charge in [0.25, 0.3) is 5.91 Å². The van der Waals surface area contributed by atoms with Crippen LogP contribution in [0.3, 0.4) is 0 Å². The highest BCUT2D eigenvalue weighted by Crippen LogP contribution is 2.20. The number of nitrogens with zero attached hydrogens (tertiary/aromatic N) is 1. The minimum Gasteiger partial charge on any atom is -0.484 e. The Morgan fingerprint density at radius 3 is 2.71 bits per heavy atom. The summed E-state index contributed by atoms with van der Waals surface area (Å²) < 4.78 is 18.5. The van der Waals surface area contributed by atoms with Crippen molar-refractivity contribution in [3.63, 3.8) is 0 Å². The summed E-state index contributed by atoms with van der Waals surface area (Å²) in [6.07, 6.45) is 0.537. The summed E-state index contributed by atoms with van der Waals surface area (Å²) in [6.45, 7) is 1.45. The number of carbonyl (C=O) groups excluding carboxylic acids is 1. The van der Waals surface area contributed by atoms with Gasteiger partial charge in [0, 0.05) is 25.7 Å². The van der Waals surface area contributed by atoms with Crippen LogP contribution in [-0.4, -0.2) is 48.4 Å². The van der Waals surface area contributed by atoms with Crippen molar-refractivity contribution < 1.29 is 23.8 Å². The van der Waals surface area contributed by atoms with Gasteiger partial charge >= 0.3 is 6.09 Å². The van der Waals surface area contributed by atoms with Gasteiger partial charge < -0.3 is 15.2 Å². The van der Waals surface area contributed by atoms with Gasteiger partial charge in [-0.25, -0.2) is 14.2 Å². The number of halogens is 2. The highest BCUT2D eigenvalue weighted by molar-refractivity contribution is 6.30. The molecule has 2 amide bonds. The van der Waals surface area contributed by atoms with Gasteiger partial charge in [0.2, 0.25) is 0 Å². The second kappa shape index (κ2) is 8.70. The first-order valence-electron chi connectivity index (χ1n) is 7.53. The number of carboxylic acid groups (broad SMARTS) is 1. The Labute approximate surface area is 143 Å². The molecular weight excluding hydrogens is 341 g/mol. The first-order valence-corrected chi connectivity index (χ1v) is 7.91. The average molecular weight is 360 g/mol. The van der Waals surface area contributed by atoms with Crippen LogP contribution in [0.2, 0.25) is 5.02 Å². The molecule has 1 aliphatic rings. The smallest absolute Gasteiger partial charge is 0.404 e. The Kier molecular flexibility index (Phi) is 6.62. The molecule has 24 heavy (non-hydrogen) atoms. The number of piperidine rings is 1. The summed E-state index contributed by atoms with van der Waals surface area (Å²) in [6, 6.07) is 3.97. The first kappa shape index (κ1) is 18.3. The number of hydrogen-bond donors (Lipinski definition) is 3. The largest absolute Gasteiger partial charge is 0.484 e. The number of benzene rings is 1. The number of hydrazine groups is 1. The topological polar surface area (TPSA) is 90.9 Å². The van der Waals surface area contributed by atoms with E-state index in [4.69, 9.17) is 21.4 Å². The van der Waals surface area contributed by atoms with Crippen LogP contribution in [0.1, 0.15) is 12.8 Å². The fourth-order valence-electron chi connectivity index (χ4n) is 2.40. The molecule has 7 nitrogen and oxygen atoms in total. The standard InChI is InChI=1S/C15H19ClFN3O4/c16-12-2-1-11(7-13(12)17)24-9-14(21)19-20-5-3-10(4-6-20)8-18-15(22)23/h1-2,7,10,18H,3-6,8-9H2,(H,19,21)(H,22,23). The summed E-state index contributed by atoms with van der Waals surface area (Å²) >= 11 is 5.57. The van der Waals surface area contributed by atoms with E-state index in [0.717, 1.165) is 18.9 Å². The molecule has 0 spiro atoms. The highest BCUT2D eigenvalue weighted by atomic mass is 35.5. The van der Waals surface area contributed by atoms with E-state index in [9.17, 15) is 14.0 Å². The number of hydrogen-bond acceptors (Lipinski definition) is 4. The minimum absolute atomic E-state index is 0.00735. The van der Waals surface area contributed by atoms with Crippen LogP contribution in [-0.2, 0) is 4.79 Å². The Morgan fingerprint density at radius 2 is 2.08 bits per heavy atom. The zero-order chi connectivity index (χ0) is 17.5. The fraction of sp³-hybridized carbons (Fsp3) is 0.467. The maximum Gasteiger partial charge on any atom is 0.404 e. The molecule has 9 heteroatoms. The van der Waals surface area contributed by atoms with Crippen molar-refractivity contribution in [1.82, 2.24) is 15.8 Å². The second-order valence-electron chi connectivity index (χ2n) is 5.52. The average Bonchev–Trinajstić information content (AvgIpc) is 2.55. The molecule has 1 heterocycles. The van der Waals surface area contributed by atoms with Crippen LogP contribution in [0, 0.1) is 11.7 Å². The fourth-order valence-corrected chi connectivity index (χ4v) is 2.52. The predicted molar refractivity (Wildman–Crippen MR) is 85.4 cm³/mol. The van der Waals surface area contributed by atoms with Gasteiger partial charge in [-0.05, 0) is 30.9 Å². The van der Waals surface area contributed by atoms with E-state index < -0.39 is 11.9 Å². The van der Waals surface area contributed by atoms with E-state index in [2.05, 4.69) is 10.7 Å². The van der Waals surface area contributed by atoms with E-state index in [1.54, 1.807) is 5.01 Å². The lowest BCUT2D eigenvalue weighted by Crippen LogP contribution is -2.49. The molecule has 3 N–H and O–H groups in total. The lowest BCUT2D eigenvalue weighted by atomic mass is 9.98. The minimum atomic E-state index is -1.03. The molecule has 1 aliphatic heterocycles. The van der Waals surface area contributed by atoms with Crippen molar-refractivity contribution >= 4 is 23.6 Å². The predicted octanol–water partition coefficient (Wildman–Crippen LogP) is 1.87. The summed E-state index contributed by atoms with van der Waals surface area (Å²) in [5.41, 5.74) is 2.71. The van der Waals surface area contributed by atoms with Crippen LogP contribution in [0.5, 0.6) is 5.75 Å². The Bertz CT molecular complexity index is 594. The lowest BCUT2D eigenvalue weighted by molar-refractivity contribution is -0.128. The van der Waals surface area contributed by atoms with Crippen LogP contribution in [0.4, 0.5) is 9.18 Å². The third-order valence-corrected chi connectivity index (χ3v) is 4.01. The molecule has 1 saturated heterocycles. The van der Waals surface area contributed by atoms with Crippen molar-refractivity contribution in [3.8, 4) is 5.75 Å². The van der Waals surface area contributed by atoms with Crippen LogP contribution >= 0.6 is 11.6 Å². The summed E-state index contributed by atoms with van der Waals surface area (Å²) in [5.74, 6) is -0.452. The first-order chi connectivity index (χ1) is 11.4. The van der Waals surface area contributed by atoms with Crippen LogP contribution < -0.4 is 15.5 Å². The molecule has 0 aliphatic carbocycles. The van der Waals surface area contributed by atoms with Crippen molar-refractivity contribution in [1.29, 1.82) is 0 Å². The van der Waals surface area contributed by atoms with Gasteiger partial charge in [0.15, 0.2) is 6.61 Å². The van der Waals surface area contributed by atoms with Gasteiger partial charge in [0.1, 0.15) is 11.6 Å². The van der Waals surface area contributed by atoms with E-state index in [0.29, 0.717) is 19.6 Å². The van der Waals surface area contributed by atoms with Crippen molar-refractivity contribution in [2.45, 2.75) is 12.8 Å². The van der Waals surface area contributed by atoms with E-state index in [1.165, 1.54) is 12.1 Å². The van der Waals surface area contributed by atoms with Gasteiger partial charge in [-0.15, -0.1) is 0 Å². The second-order valence-corrected chi connectivity index (χ2v) is 5.92. The van der Waals surface area contributed by atoms with Crippen LogP contribution in [0.15, 0.2) is 18.2 Å². The van der Waals surface area contributed by atoms with Crippen molar-refractivity contribution in [2.75, 3.05) is 26.2 Å². The van der Waals surface area contributed by atoms with E-state index in [-0.39, 0.29) is 29.2 Å². The zero-order valence-corrected chi connectivity index (χ0v) is 13.7. The van der Waals surface area contributed by atoms with Crippen molar-refractivity contribution in [2.24, 2.45) is 5.92 Å². The lowest BCUT2D eigenvalue weighted by Gasteiger charge is -2.31. The normalized spacial score (nSPS) is 15.8. The molecule has 0 bridgehead atoms. The number of rotatable bonds is 6. The quantitative estimate of drug-likeness (QED) is 0.721. The van der Waals surface area contributed by atoms with Gasteiger partial charge in [-0.3, -0.25) is 10.2 Å². The molecule has 1 aromatic rings. The molecule has 0 radical (unpaired) electrons. The zero-order valence-electron chi connectivity index (χ0n) is 12.9. The van der Waals surface area contributed by atoms with Gasteiger partial charge in [-0.1, -0.05) is 11.6 Å². The Morgan fingerprint density at radius 1 is 1.38 bits per heavy atom. The van der Waals surface area contributed by atoms with Crippen molar-refractivity contribution in [3.05, 3.63) is 29.0 Å². The van der Waals surface area contributed by atoms with Gasteiger partial charge in [-0.2, -0.15) is 0 Å². The monoisotopic (exact) mass is 359 g/mol. The highest BCUT2D eigenvalue weighted by Gasteiger charge is 2.20. The van der Waals surface area contributed by atoms with Gasteiger partial charge in [0.05, 0.1) is 5.02 Å². The molecule has 0 saturated carbocycles. The van der Waals surface area contributed by atoms with E-state index in [1.807, 2.05) is 0 Å². The molecule has 1 fully saturated rings. The third kappa shape index (κ3) is 5.86. The molecule has 0 atom stereocenters.